The van der Waals surface area contributed by atoms with Gasteiger partial charge in [0.2, 0.25) is 0 Å². The van der Waals surface area contributed by atoms with Gasteiger partial charge in [-0.15, -0.1) is 5.10 Å². The van der Waals surface area contributed by atoms with Gasteiger partial charge in [-0.25, -0.2) is 4.68 Å². The Morgan fingerprint density at radius 2 is 1.74 bits per heavy atom. The van der Waals surface area contributed by atoms with E-state index in [1.54, 1.807) is 54.6 Å². The number of hydrogen-bond donors (Lipinski definition) is 0. The van der Waals surface area contributed by atoms with Crippen LogP contribution in [-0.4, -0.2) is 28.9 Å². The number of nitrogens with zero attached hydrogens (tertiary/aromatic N) is 3. The van der Waals surface area contributed by atoms with Gasteiger partial charge < -0.3 is 4.18 Å². The van der Waals surface area contributed by atoms with Gasteiger partial charge in [-0.1, -0.05) is 47.7 Å². The Morgan fingerprint density at radius 1 is 1.07 bits per heavy atom. The molecule has 0 unspecified atom stereocenters. The van der Waals surface area contributed by atoms with Gasteiger partial charge in [-0.3, -0.25) is 0 Å². The largest absolute Gasteiger partial charge is 0.534 e. The SMILES string of the molecule is O=S(=O)(O/C(=C\n1nnc2ccccc21)CCc1ccccc1)C(F)(F)F. The highest BCUT2D eigenvalue weighted by Crippen LogP contribution is 2.28. The van der Waals surface area contributed by atoms with Gasteiger partial charge in [0.25, 0.3) is 0 Å². The quantitative estimate of drug-likeness (QED) is 0.360. The lowest BCUT2D eigenvalue weighted by Crippen LogP contribution is -2.25. The second kappa shape index (κ2) is 7.39. The van der Waals surface area contributed by atoms with E-state index in [-0.39, 0.29) is 12.8 Å². The highest BCUT2D eigenvalue weighted by Gasteiger charge is 2.48. The molecule has 6 nitrogen and oxygen atoms in total. The molecule has 0 spiro atoms. The molecule has 1 heterocycles. The molecule has 2 aromatic carbocycles. The Bertz CT molecular complexity index is 1060. The number of benzene rings is 2. The maximum atomic E-state index is 12.7. The summed E-state index contributed by atoms with van der Waals surface area (Å²) in [7, 11) is -5.79. The highest BCUT2D eigenvalue weighted by atomic mass is 32.2. The molecule has 0 saturated carbocycles. The minimum absolute atomic E-state index is 0.0759. The fraction of sp³-hybridized carbons (Fsp3) is 0.176. The standard InChI is InChI=1S/C17H14F3N3O3S/c18-17(19,20)27(24,25)26-14(11-10-13-6-2-1-3-7-13)12-23-16-9-5-4-8-15(16)21-22-23/h1-9,12H,10-11H2/b14-12-. The number of allylic oxidation sites excluding steroid dienone is 1. The topological polar surface area (TPSA) is 74.1 Å². The van der Waals surface area contributed by atoms with Crippen LogP contribution in [0.25, 0.3) is 17.2 Å². The van der Waals surface area contributed by atoms with Crippen molar-refractivity contribution >= 4 is 27.4 Å². The average Bonchev–Trinajstić information content (AvgIpc) is 3.02. The number of halogens is 3. The van der Waals surface area contributed by atoms with Gasteiger partial charge >= 0.3 is 15.6 Å². The van der Waals surface area contributed by atoms with Crippen molar-refractivity contribution < 1.29 is 25.8 Å². The zero-order valence-electron chi connectivity index (χ0n) is 13.8. The molecule has 0 N–H and O–H groups in total. The number of aryl methyl sites for hydroxylation is 1. The van der Waals surface area contributed by atoms with Crippen LogP contribution in [0.2, 0.25) is 0 Å². The third-order valence-electron chi connectivity index (χ3n) is 3.65. The summed E-state index contributed by atoms with van der Waals surface area (Å²) in [5.74, 6) is -0.396. The number of fused-ring (bicyclic) bond motifs is 1. The molecule has 3 aromatic rings. The second-order valence-corrected chi connectivity index (χ2v) is 7.12. The van der Waals surface area contributed by atoms with Crippen molar-refractivity contribution in [1.82, 2.24) is 15.0 Å². The van der Waals surface area contributed by atoms with Gasteiger partial charge in [0.05, 0.1) is 11.7 Å². The first-order valence-corrected chi connectivity index (χ1v) is 9.22. The molecule has 0 amide bonds. The number of aromatic nitrogens is 3. The first-order chi connectivity index (χ1) is 12.8. The maximum absolute atomic E-state index is 12.7. The predicted molar refractivity (Wildman–Crippen MR) is 92.6 cm³/mol. The molecular weight excluding hydrogens is 383 g/mol. The Labute approximate surface area is 153 Å². The monoisotopic (exact) mass is 397 g/mol. The number of alkyl halides is 3. The lowest BCUT2D eigenvalue weighted by molar-refractivity contribution is -0.0522. The Kier molecular flexibility index (Phi) is 5.17. The summed E-state index contributed by atoms with van der Waals surface area (Å²) in [5.41, 5.74) is -3.69. The molecule has 0 aliphatic carbocycles. The van der Waals surface area contributed by atoms with E-state index in [0.717, 1.165) is 11.8 Å². The van der Waals surface area contributed by atoms with Crippen LogP contribution < -0.4 is 0 Å². The van der Waals surface area contributed by atoms with Crippen LogP contribution in [-0.2, 0) is 20.7 Å². The van der Waals surface area contributed by atoms with Crippen molar-refractivity contribution in [3.05, 3.63) is 65.9 Å². The van der Waals surface area contributed by atoms with Crippen molar-refractivity contribution in [2.45, 2.75) is 18.3 Å². The predicted octanol–water partition coefficient (Wildman–Crippen LogP) is 3.73. The second-order valence-electron chi connectivity index (χ2n) is 5.59. The minimum atomic E-state index is -5.79. The third kappa shape index (κ3) is 4.45. The molecule has 0 aliphatic heterocycles. The molecule has 142 valence electrons. The van der Waals surface area contributed by atoms with Crippen LogP contribution in [0.4, 0.5) is 13.2 Å². The van der Waals surface area contributed by atoms with Crippen molar-refractivity contribution in [2.24, 2.45) is 0 Å². The molecule has 27 heavy (non-hydrogen) atoms. The van der Waals surface area contributed by atoms with Gasteiger partial charge in [0, 0.05) is 6.42 Å². The van der Waals surface area contributed by atoms with E-state index >= 15 is 0 Å². The molecule has 0 bridgehead atoms. The van der Waals surface area contributed by atoms with Crippen LogP contribution >= 0.6 is 0 Å². The van der Waals surface area contributed by atoms with E-state index in [1.165, 1.54) is 4.68 Å². The van der Waals surface area contributed by atoms with Gasteiger partial charge in [0.15, 0.2) is 0 Å². The van der Waals surface area contributed by atoms with E-state index in [9.17, 15) is 21.6 Å². The van der Waals surface area contributed by atoms with E-state index < -0.39 is 21.4 Å². The van der Waals surface area contributed by atoms with Crippen LogP contribution in [0.1, 0.15) is 12.0 Å². The average molecular weight is 397 g/mol. The number of rotatable bonds is 6. The Hall–Kier alpha value is -2.88. The van der Waals surface area contributed by atoms with Gasteiger partial charge in [0.1, 0.15) is 11.3 Å². The molecule has 0 atom stereocenters. The summed E-state index contributed by atoms with van der Waals surface area (Å²) < 4.78 is 66.6. The van der Waals surface area contributed by atoms with Crippen LogP contribution in [0.5, 0.6) is 0 Å². The summed E-state index contributed by atoms with van der Waals surface area (Å²) in [5, 5.41) is 7.69. The normalized spacial score (nSPS) is 13.1. The van der Waals surface area contributed by atoms with Crippen molar-refractivity contribution in [3.8, 4) is 0 Å². The zero-order valence-corrected chi connectivity index (χ0v) is 14.6. The van der Waals surface area contributed by atoms with E-state index in [0.29, 0.717) is 11.0 Å². The fourth-order valence-electron chi connectivity index (χ4n) is 2.35. The van der Waals surface area contributed by atoms with Crippen molar-refractivity contribution in [1.29, 1.82) is 0 Å². The zero-order chi connectivity index (χ0) is 19.5. The van der Waals surface area contributed by atoms with Crippen LogP contribution in [0, 0.1) is 0 Å². The maximum Gasteiger partial charge on any atom is 0.534 e. The Morgan fingerprint density at radius 3 is 2.44 bits per heavy atom. The summed E-state index contributed by atoms with van der Waals surface area (Å²) in [4.78, 5) is 0. The number of hydrogen-bond acceptors (Lipinski definition) is 5. The highest BCUT2D eigenvalue weighted by molar-refractivity contribution is 7.87. The van der Waals surface area contributed by atoms with Crippen LogP contribution in [0.15, 0.2) is 60.4 Å². The fourth-order valence-corrected chi connectivity index (χ4v) is 2.85. The number of para-hydroxylation sites is 1. The summed E-state index contributed by atoms with van der Waals surface area (Å²) in [6, 6.07) is 15.7. The molecule has 10 heteroatoms. The first-order valence-electron chi connectivity index (χ1n) is 7.81. The molecule has 1 aromatic heterocycles. The van der Waals surface area contributed by atoms with E-state index in [4.69, 9.17) is 0 Å². The third-order valence-corrected chi connectivity index (χ3v) is 4.65. The summed E-state index contributed by atoms with van der Waals surface area (Å²) >= 11 is 0. The van der Waals surface area contributed by atoms with Crippen molar-refractivity contribution in [2.75, 3.05) is 0 Å². The van der Waals surface area contributed by atoms with Crippen LogP contribution in [0.3, 0.4) is 0 Å². The minimum Gasteiger partial charge on any atom is -0.379 e. The van der Waals surface area contributed by atoms with Gasteiger partial charge in [-0.05, 0) is 24.1 Å². The van der Waals surface area contributed by atoms with E-state index in [2.05, 4.69) is 14.5 Å². The van der Waals surface area contributed by atoms with Gasteiger partial charge in [-0.2, -0.15) is 21.6 Å². The lowest BCUT2D eigenvalue weighted by atomic mass is 10.1. The Balaban J connectivity index is 1.93. The molecular formula is C17H14F3N3O3S. The molecule has 0 aliphatic rings. The molecule has 0 radical (unpaired) electrons. The van der Waals surface area contributed by atoms with Crippen molar-refractivity contribution in [3.63, 3.8) is 0 Å². The lowest BCUT2D eigenvalue weighted by Gasteiger charge is -2.12. The smallest absolute Gasteiger partial charge is 0.379 e. The summed E-state index contributed by atoms with van der Waals surface area (Å²) in [6.45, 7) is 0. The molecule has 0 fully saturated rings. The first kappa shape index (κ1) is 18.9. The molecule has 0 saturated heterocycles. The summed E-state index contributed by atoms with van der Waals surface area (Å²) in [6.07, 6.45) is 1.31. The van der Waals surface area contributed by atoms with E-state index in [1.807, 2.05) is 0 Å². The molecule has 3 rings (SSSR count).